The Bertz CT molecular complexity index is 734. The molecule has 0 atom stereocenters. The van der Waals surface area contributed by atoms with E-state index >= 15 is 0 Å². The van der Waals surface area contributed by atoms with Gasteiger partial charge in [-0.3, -0.25) is 4.79 Å². The molecule has 0 heterocycles. The van der Waals surface area contributed by atoms with Gasteiger partial charge in [0, 0.05) is 6.07 Å². The molecule has 2 rings (SSSR count). The second kappa shape index (κ2) is 5.60. The van der Waals surface area contributed by atoms with Crippen LogP contribution in [0.5, 0.6) is 0 Å². The van der Waals surface area contributed by atoms with Gasteiger partial charge in [0.2, 0.25) is 5.91 Å². The van der Waals surface area contributed by atoms with Gasteiger partial charge in [-0.25, -0.2) is 0 Å². The third-order valence-corrected chi connectivity index (χ3v) is 2.99. The van der Waals surface area contributed by atoms with Gasteiger partial charge >= 0.3 is 12.4 Å². The lowest BCUT2D eigenvalue weighted by molar-refractivity contribution is -0.141. The molecule has 0 unspecified atom stereocenters. The van der Waals surface area contributed by atoms with Crippen molar-refractivity contribution in [2.24, 2.45) is 5.73 Å². The number of nitrogens with two attached hydrogens (primary N) is 1. The number of halogens is 6. The molecule has 1 radical (unpaired) electrons. The Hall–Kier alpha value is -2.51. The number of carbonyl (C=O) groups excluding carboxylic acids is 1. The average Bonchev–Trinajstić information content (AvgIpc) is 2.44. The molecule has 0 aliphatic carbocycles. The van der Waals surface area contributed by atoms with E-state index in [9.17, 15) is 31.1 Å². The smallest absolute Gasteiger partial charge is 0.366 e. The number of rotatable bonds is 2. The van der Waals surface area contributed by atoms with E-state index in [-0.39, 0.29) is 5.56 Å². The summed E-state index contributed by atoms with van der Waals surface area (Å²) in [7, 11) is 0. The van der Waals surface area contributed by atoms with Crippen LogP contribution in [0.3, 0.4) is 0 Å². The molecule has 0 spiro atoms. The maximum Gasteiger partial charge on any atom is 0.417 e. The second-order valence-corrected chi connectivity index (χ2v) is 4.57. The van der Waals surface area contributed by atoms with Crippen LogP contribution in [0.1, 0.15) is 21.5 Å². The first-order valence-electron chi connectivity index (χ1n) is 6.11. The zero-order valence-electron chi connectivity index (χ0n) is 11.2. The van der Waals surface area contributed by atoms with Crippen LogP contribution in [0.25, 0.3) is 11.1 Å². The Morgan fingerprint density at radius 3 is 1.96 bits per heavy atom. The number of benzene rings is 2. The summed E-state index contributed by atoms with van der Waals surface area (Å²) in [6.45, 7) is 0. The topological polar surface area (TPSA) is 43.1 Å². The Labute approximate surface area is 126 Å². The zero-order valence-corrected chi connectivity index (χ0v) is 11.2. The van der Waals surface area contributed by atoms with Crippen molar-refractivity contribution in [3.63, 3.8) is 0 Å². The standard InChI is InChI=1S/C15H8F6NO/c16-14(17,18)9-6-10(8-4-2-1-3-5-8)12(15(19,20)21)11(7-9)13(22)23/h1-6H,(H2,22,23). The minimum atomic E-state index is -5.07. The highest BCUT2D eigenvalue weighted by atomic mass is 19.4. The SMILES string of the molecule is NC(=O)c1[c]c(C(F)(F)F)cc(-c2ccccc2)c1C(F)(F)F. The number of amides is 1. The van der Waals surface area contributed by atoms with E-state index in [2.05, 4.69) is 0 Å². The first kappa shape index (κ1) is 16.9. The van der Waals surface area contributed by atoms with Crippen molar-refractivity contribution in [1.29, 1.82) is 0 Å². The fourth-order valence-electron chi connectivity index (χ4n) is 2.06. The van der Waals surface area contributed by atoms with E-state index in [0.29, 0.717) is 6.07 Å². The average molecular weight is 332 g/mol. The lowest BCUT2D eigenvalue weighted by Gasteiger charge is -2.18. The van der Waals surface area contributed by atoms with Crippen molar-refractivity contribution in [2.45, 2.75) is 12.4 Å². The fraction of sp³-hybridized carbons (Fsp3) is 0.133. The van der Waals surface area contributed by atoms with Gasteiger partial charge < -0.3 is 5.73 Å². The van der Waals surface area contributed by atoms with Crippen molar-refractivity contribution in [3.05, 3.63) is 59.2 Å². The van der Waals surface area contributed by atoms with Crippen LogP contribution < -0.4 is 5.73 Å². The molecule has 2 aromatic carbocycles. The minimum absolute atomic E-state index is 0.123. The third kappa shape index (κ3) is 3.46. The molecule has 0 aliphatic heterocycles. The van der Waals surface area contributed by atoms with Gasteiger partial charge in [0.15, 0.2) is 0 Å². The first-order chi connectivity index (χ1) is 10.5. The number of alkyl halides is 6. The highest BCUT2D eigenvalue weighted by Gasteiger charge is 2.41. The van der Waals surface area contributed by atoms with E-state index in [0.717, 1.165) is 0 Å². The van der Waals surface area contributed by atoms with E-state index in [1.807, 2.05) is 0 Å². The highest BCUT2D eigenvalue weighted by Crippen LogP contribution is 2.42. The molecule has 0 bridgehead atoms. The van der Waals surface area contributed by atoms with Gasteiger partial charge in [0.1, 0.15) is 0 Å². The van der Waals surface area contributed by atoms with Gasteiger partial charge in [-0.05, 0) is 17.2 Å². The molecule has 0 saturated heterocycles. The maximum atomic E-state index is 13.3. The van der Waals surface area contributed by atoms with Gasteiger partial charge in [-0.1, -0.05) is 30.3 Å². The normalized spacial score (nSPS) is 12.3. The minimum Gasteiger partial charge on any atom is -0.366 e. The van der Waals surface area contributed by atoms with Crippen LogP contribution in [-0.2, 0) is 12.4 Å². The van der Waals surface area contributed by atoms with Gasteiger partial charge in [0.05, 0.1) is 16.7 Å². The van der Waals surface area contributed by atoms with Crippen LogP contribution in [-0.4, -0.2) is 5.91 Å². The molecule has 121 valence electrons. The second-order valence-electron chi connectivity index (χ2n) is 4.57. The molecule has 0 saturated carbocycles. The van der Waals surface area contributed by atoms with E-state index in [1.165, 1.54) is 36.4 Å². The predicted molar refractivity (Wildman–Crippen MR) is 69.2 cm³/mol. The summed E-state index contributed by atoms with van der Waals surface area (Å²) in [6, 6.07) is 8.39. The van der Waals surface area contributed by atoms with Crippen molar-refractivity contribution in [1.82, 2.24) is 0 Å². The number of hydrogen-bond donors (Lipinski definition) is 1. The Morgan fingerprint density at radius 2 is 1.52 bits per heavy atom. The van der Waals surface area contributed by atoms with Crippen molar-refractivity contribution in [3.8, 4) is 11.1 Å². The lowest BCUT2D eigenvalue weighted by Crippen LogP contribution is -2.22. The molecule has 0 aromatic heterocycles. The van der Waals surface area contributed by atoms with Crippen LogP contribution in [0.4, 0.5) is 26.3 Å². The lowest BCUT2D eigenvalue weighted by atomic mass is 9.92. The summed E-state index contributed by atoms with van der Waals surface area (Å²) in [5.74, 6) is -1.64. The molecular formula is C15H8F6NO. The zero-order chi connectivity index (χ0) is 17.4. The summed E-state index contributed by atoms with van der Waals surface area (Å²) in [5.41, 5.74) is -0.451. The Morgan fingerprint density at radius 1 is 0.957 bits per heavy atom. The molecule has 23 heavy (non-hydrogen) atoms. The van der Waals surface area contributed by atoms with Crippen LogP contribution >= 0.6 is 0 Å². The van der Waals surface area contributed by atoms with Gasteiger partial charge in [-0.15, -0.1) is 0 Å². The number of carbonyl (C=O) groups is 1. The van der Waals surface area contributed by atoms with Crippen molar-refractivity contribution < 1.29 is 31.1 Å². The van der Waals surface area contributed by atoms with E-state index < -0.39 is 40.5 Å². The van der Waals surface area contributed by atoms with Gasteiger partial charge in [0.25, 0.3) is 0 Å². The summed E-state index contributed by atoms with van der Waals surface area (Å²) in [4.78, 5) is 11.3. The number of hydrogen-bond acceptors (Lipinski definition) is 1. The monoisotopic (exact) mass is 332 g/mol. The summed E-state index contributed by atoms with van der Waals surface area (Å²) < 4.78 is 78.5. The number of primary amides is 1. The first-order valence-corrected chi connectivity index (χ1v) is 6.11. The summed E-state index contributed by atoms with van der Waals surface area (Å²) >= 11 is 0. The molecule has 2 N–H and O–H groups in total. The Balaban J connectivity index is 2.91. The van der Waals surface area contributed by atoms with Crippen LogP contribution in [0.2, 0.25) is 0 Å². The fourth-order valence-corrected chi connectivity index (χ4v) is 2.06. The van der Waals surface area contributed by atoms with Crippen molar-refractivity contribution in [2.75, 3.05) is 0 Å². The van der Waals surface area contributed by atoms with Crippen molar-refractivity contribution >= 4 is 5.91 Å². The molecule has 2 nitrogen and oxygen atoms in total. The van der Waals surface area contributed by atoms with Crippen LogP contribution in [0.15, 0.2) is 36.4 Å². The maximum absolute atomic E-state index is 13.3. The molecule has 2 aromatic rings. The molecule has 0 aliphatic rings. The molecular weight excluding hydrogens is 324 g/mol. The Kier molecular flexibility index (Phi) is 4.10. The molecule has 0 fully saturated rings. The van der Waals surface area contributed by atoms with Gasteiger partial charge in [-0.2, -0.15) is 26.3 Å². The van der Waals surface area contributed by atoms with Crippen LogP contribution in [0, 0.1) is 6.07 Å². The molecule has 1 amide bonds. The predicted octanol–water partition coefficient (Wildman–Crippen LogP) is 4.29. The largest absolute Gasteiger partial charge is 0.417 e. The van der Waals surface area contributed by atoms with E-state index in [1.54, 1.807) is 0 Å². The highest BCUT2D eigenvalue weighted by molar-refractivity contribution is 5.97. The quantitative estimate of drug-likeness (QED) is 0.819. The molecule has 8 heteroatoms. The summed E-state index contributed by atoms with van der Waals surface area (Å²) in [5, 5.41) is 0. The van der Waals surface area contributed by atoms with E-state index in [4.69, 9.17) is 5.73 Å². The summed E-state index contributed by atoms with van der Waals surface area (Å²) in [6.07, 6.45) is -10.0. The third-order valence-electron chi connectivity index (χ3n) is 2.99.